The van der Waals surface area contributed by atoms with E-state index in [2.05, 4.69) is 30.8 Å². The number of H-pyrrole nitrogens is 1. The van der Waals surface area contributed by atoms with Crippen molar-refractivity contribution in [1.29, 1.82) is 0 Å². The molecule has 1 aliphatic heterocycles. The number of nitrogens with zero attached hydrogens (tertiary/aromatic N) is 6. The Morgan fingerprint density at radius 1 is 1.31 bits per heavy atom. The van der Waals surface area contributed by atoms with Gasteiger partial charge >= 0.3 is 0 Å². The average Bonchev–Trinajstić information content (AvgIpc) is 3.21. The molecule has 32 heavy (non-hydrogen) atoms. The first-order valence-electron chi connectivity index (χ1n) is 10.5. The number of hydrogen-bond donors (Lipinski definition) is 4. The van der Waals surface area contributed by atoms with E-state index in [0.717, 1.165) is 5.69 Å². The van der Waals surface area contributed by atoms with Gasteiger partial charge < -0.3 is 20.6 Å². The molecule has 0 unspecified atom stereocenters. The summed E-state index contributed by atoms with van der Waals surface area (Å²) in [7, 11) is 0. The maximum Gasteiger partial charge on any atom is 0.249 e. The van der Waals surface area contributed by atoms with E-state index < -0.39 is 12.1 Å². The number of carbonyl (C=O) groups is 1. The smallest absolute Gasteiger partial charge is 0.249 e. The molecule has 11 nitrogen and oxygen atoms in total. The SMILES string of the molecule is O=C(Nc1nccs1)[C@@H]1C[C@H](O)CN1c1nc(Nc2cc(C3CC3)[nH]n2)n2cccc2n1. The second kappa shape index (κ2) is 7.57. The molecule has 2 atom stereocenters. The number of aromatic nitrogens is 6. The number of amides is 1. The molecule has 0 spiro atoms. The fourth-order valence-electron chi connectivity index (χ4n) is 4.01. The number of carbonyl (C=O) groups excluding carboxylic acids is 1. The predicted octanol–water partition coefficient (Wildman–Crippen LogP) is 2.11. The molecular formula is C20H21N9O2S. The third-order valence-corrected chi connectivity index (χ3v) is 6.42. The molecule has 6 rings (SSSR count). The fraction of sp³-hybridized carbons (Fsp3) is 0.350. The molecule has 2 aliphatic rings. The number of thiazole rings is 1. The Bertz CT molecular complexity index is 1260. The number of nitrogens with one attached hydrogen (secondary N) is 3. The average molecular weight is 452 g/mol. The summed E-state index contributed by atoms with van der Waals surface area (Å²) in [6.07, 6.45) is 5.50. The Balaban J connectivity index is 1.31. The van der Waals surface area contributed by atoms with Crippen LogP contribution in [0.4, 0.5) is 22.8 Å². The van der Waals surface area contributed by atoms with Gasteiger partial charge in [-0.25, -0.2) is 4.98 Å². The summed E-state index contributed by atoms with van der Waals surface area (Å²) in [6.45, 7) is 0.264. The summed E-state index contributed by atoms with van der Waals surface area (Å²) in [6, 6.07) is 5.14. The van der Waals surface area contributed by atoms with Gasteiger partial charge in [-0.15, -0.1) is 11.3 Å². The van der Waals surface area contributed by atoms with Gasteiger partial charge in [0.15, 0.2) is 10.9 Å². The monoisotopic (exact) mass is 451 g/mol. The number of β-amino-alcohol motifs (C(OH)–C–C–N with tert-alkyl or cyclic N) is 1. The third-order valence-electron chi connectivity index (χ3n) is 5.73. The Morgan fingerprint density at radius 3 is 3.03 bits per heavy atom. The first-order chi connectivity index (χ1) is 15.6. The second-order valence-electron chi connectivity index (χ2n) is 8.08. The lowest BCUT2D eigenvalue weighted by Gasteiger charge is -2.23. The first kappa shape index (κ1) is 19.2. The second-order valence-corrected chi connectivity index (χ2v) is 8.97. The van der Waals surface area contributed by atoms with Gasteiger partial charge in [-0.3, -0.25) is 14.3 Å². The molecule has 4 N–H and O–H groups in total. The Hall–Kier alpha value is -3.51. The van der Waals surface area contributed by atoms with Crippen LogP contribution < -0.4 is 15.5 Å². The lowest BCUT2D eigenvalue weighted by molar-refractivity contribution is -0.117. The van der Waals surface area contributed by atoms with Gasteiger partial charge in [0.25, 0.3) is 0 Å². The summed E-state index contributed by atoms with van der Waals surface area (Å²) in [5.74, 6) is 1.89. The highest BCUT2D eigenvalue weighted by molar-refractivity contribution is 7.13. The van der Waals surface area contributed by atoms with Crippen LogP contribution in [0, 0.1) is 0 Å². The molecule has 4 aromatic heterocycles. The third kappa shape index (κ3) is 3.56. The van der Waals surface area contributed by atoms with Crippen LogP contribution in [0.25, 0.3) is 5.65 Å². The number of rotatable bonds is 6. The normalized spacial score (nSPS) is 20.7. The zero-order valence-electron chi connectivity index (χ0n) is 17.0. The van der Waals surface area contributed by atoms with Gasteiger partial charge in [0.1, 0.15) is 11.7 Å². The molecular weight excluding hydrogens is 430 g/mol. The van der Waals surface area contributed by atoms with Crippen molar-refractivity contribution in [2.75, 3.05) is 22.1 Å². The molecule has 1 saturated heterocycles. The lowest BCUT2D eigenvalue weighted by Crippen LogP contribution is -2.40. The number of aromatic amines is 1. The van der Waals surface area contributed by atoms with Gasteiger partial charge in [-0.05, 0) is 25.0 Å². The van der Waals surface area contributed by atoms with Crippen molar-refractivity contribution in [2.45, 2.75) is 37.3 Å². The van der Waals surface area contributed by atoms with Gasteiger partial charge in [0.2, 0.25) is 17.8 Å². The highest BCUT2D eigenvalue weighted by Gasteiger charge is 2.38. The zero-order valence-corrected chi connectivity index (χ0v) is 17.8. The van der Waals surface area contributed by atoms with E-state index in [0.29, 0.717) is 40.8 Å². The van der Waals surface area contributed by atoms with Gasteiger partial charge in [-0.1, -0.05) is 0 Å². The first-order valence-corrected chi connectivity index (χ1v) is 11.3. The van der Waals surface area contributed by atoms with E-state index in [1.165, 1.54) is 24.2 Å². The van der Waals surface area contributed by atoms with Gasteiger partial charge in [0, 0.05) is 48.4 Å². The molecule has 5 heterocycles. The van der Waals surface area contributed by atoms with Gasteiger partial charge in [-0.2, -0.15) is 15.1 Å². The van der Waals surface area contributed by atoms with E-state index in [1.807, 2.05) is 28.8 Å². The summed E-state index contributed by atoms with van der Waals surface area (Å²) in [5, 5.41) is 26.1. The Morgan fingerprint density at radius 2 is 2.22 bits per heavy atom. The summed E-state index contributed by atoms with van der Waals surface area (Å²) in [4.78, 5) is 28.1. The van der Waals surface area contributed by atoms with Crippen LogP contribution in [0.3, 0.4) is 0 Å². The number of hydrogen-bond acceptors (Lipinski definition) is 9. The van der Waals surface area contributed by atoms with Crippen LogP contribution in [0.5, 0.6) is 0 Å². The molecule has 12 heteroatoms. The Kier molecular flexibility index (Phi) is 4.54. The predicted molar refractivity (Wildman–Crippen MR) is 119 cm³/mol. The van der Waals surface area contributed by atoms with Crippen LogP contribution >= 0.6 is 11.3 Å². The van der Waals surface area contributed by atoms with Crippen molar-refractivity contribution in [3.63, 3.8) is 0 Å². The van der Waals surface area contributed by atoms with Crippen LogP contribution in [-0.4, -0.2) is 59.3 Å². The maximum atomic E-state index is 12.9. The van der Waals surface area contributed by atoms with Crippen molar-refractivity contribution in [2.24, 2.45) is 0 Å². The van der Waals surface area contributed by atoms with Crippen molar-refractivity contribution < 1.29 is 9.90 Å². The summed E-state index contributed by atoms with van der Waals surface area (Å²) in [5.41, 5.74) is 1.79. The lowest BCUT2D eigenvalue weighted by atomic mass is 10.2. The van der Waals surface area contributed by atoms with E-state index in [9.17, 15) is 9.90 Å². The standard InChI is InChI=1S/C20H21N9O2S/c30-12-8-14(17(31)24-20-21-5-7-32-20)29(10-12)19-23-16-2-1-6-28(16)18(25-19)22-15-9-13(26-27-15)11-3-4-11/h1-2,5-7,9,11-12,14,30H,3-4,8,10H2,(H,21,24,31)(H2,22,23,25,26,27)/t12-,14-/m0/s1. The summed E-state index contributed by atoms with van der Waals surface area (Å²) >= 11 is 1.34. The van der Waals surface area contributed by atoms with Crippen LogP contribution in [-0.2, 0) is 4.79 Å². The molecule has 0 radical (unpaired) electrons. The number of anilines is 4. The van der Waals surface area contributed by atoms with E-state index in [-0.39, 0.29) is 12.5 Å². The minimum absolute atomic E-state index is 0.244. The fourth-order valence-corrected chi connectivity index (χ4v) is 4.54. The Labute approximate surface area is 186 Å². The molecule has 4 aromatic rings. The molecule has 1 saturated carbocycles. The molecule has 164 valence electrons. The maximum absolute atomic E-state index is 12.9. The topological polar surface area (TPSA) is 136 Å². The number of aliphatic hydroxyl groups excluding tert-OH is 1. The molecule has 2 fully saturated rings. The number of aliphatic hydroxyl groups is 1. The van der Waals surface area contributed by atoms with Crippen molar-refractivity contribution in [3.05, 3.63) is 41.7 Å². The van der Waals surface area contributed by atoms with Crippen molar-refractivity contribution in [3.8, 4) is 0 Å². The van der Waals surface area contributed by atoms with E-state index in [4.69, 9.17) is 4.98 Å². The molecule has 0 aromatic carbocycles. The van der Waals surface area contributed by atoms with E-state index in [1.54, 1.807) is 16.5 Å². The molecule has 1 aliphatic carbocycles. The zero-order chi connectivity index (χ0) is 21.7. The van der Waals surface area contributed by atoms with Gasteiger partial charge in [0.05, 0.1) is 6.10 Å². The minimum atomic E-state index is -0.655. The molecule has 1 amide bonds. The summed E-state index contributed by atoms with van der Waals surface area (Å²) < 4.78 is 1.83. The van der Waals surface area contributed by atoms with E-state index >= 15 is 0 Å². The quantitative estimate of drug-likeness (QED) is 0.350. The van der Waals surface area contributed by atoms with Crippen LogP contribution in [0.1, 0.15) is 30.9 Å². The number of fused-ring (bicyclic) bond motifs is 1. The van der Waals surface area contributed by atoms with Crippen LogP contribution in [0.2, 0.25) is 0 Å². The van der Waals surface area contributed by atoms with Crippen molar-refractivity contribution in [1.82, 2.24) is 29.5 Å². The van der Waals surface area contributed by atoms with Crippen LogP contribution in [0.15, 0.2) is 36.0 Å². The highest BCUT2D eigenvalue weighted by atomic mass is 32.1. The minimum Gasteiger partial charge on any atom is -0.391 e. The van der Waals surface area contributed by atoms with Crippen molar-refractivity contribution >= 4 is 45.7 Å². The highest BCUT2D eigenvalue weighted by Crippen LogP contribution is 2.39. The molecule has 0 bridgehead atoms. The largest absolute Gasteiger partial charge is 0.391 e.